The summed E-state index contributed by atoms with van der Waals surface area (Å²) in [6.07, 6.45) is 4.43. The maximum Gasteiger partial charge on any atom is 0.275 e. The molecule has 3 saturated heterocycles. The summed E-state index contributed by atoms with van der Waals surface area (Å²) in [4.78, 5) is 24.8. The minimum atomic E-state index is -0.309. The van der Waals surface area contributed by atoms with Crippen LogP contribution in [0.4, 0.5) is 0 Å². The fraction of sp³-hybridized carbons (Fsp3) is 0.765. The van der Waals surface area contributed by atoms with Crippen molar-refractivity contribution in [3.8, 4) is 0 Å². The van der Waals surface area contributed by atoms with E-state index in [0.717, 1.165) is 56.7 Å². The van der Waals surface area contributed by atoms with Crippen molar-refractivity contribution < 1.29 is 14.4 Å². The number of carbonyl (C=O) groups excluding carboxylic acids is 1. The Bertz CT molecular complexity index is 592. The highest BCUT2D eigenvalue weighted by molar-refractivity contribution is 7.09. The van der Waals surface area contributed by atoms with Crippen LogP contribution in [0.15, 0.2) is 5.38 Å². The first-order valence-electron chi connectivity index (χ1n) is 8.89. The summed E-state index contributed by atoms with van der Waals surface area (Å²) < 4.78 is 6.26. The summed E-state index contributed by atoms with van der Waals surface area (Å²) in [6.45, 7) is 6.34. The molecule has 1 atom stereocenters. The molecule has 1 amide bonds. The van der Waals surface area contributed by atoms with Crippen molar-refractivity contribution in [1.29, 1.82) is 0 Å². The molecule has 0 radical (unpaired) electrons. The fourth-order valence-corrected chi connectivity index (χ4v) is 4.57. The average Bonchev–Trinajstić information content (AvgIpc) is 3.31. The Balaban J connectivity index is 1.29. The van der Waals surface area contributed by atoms with E-state index >= 15 is 0 Å². The Kier molecular flexibility index (Phi) is 4.60. The van der Waals surface area contributed by atoms with Crippen molar-refractivity contribution in [3.05, 3.63) is 16.1 Å². The molecule has 0 aliphatic carbocycles. The Morgan fingerprint density at radius 1 is 1.38 bits per heavy atom. The molecule has 0 N–H and O–H groups in total. The van der Waals surface area contributed by atoms with Crippen LogP contribution in [0.2, 0.25) is 0 Å². The first-order chi connectivity index (χ1) is 11.6. The van der Waals surface area contributed by atoms with Crippen LogP contribution in [-0.2, 0) is 20.9 Å². The Morgan fingerprint density at radius 3 is 2.88 bits per heavy atom. The van der Waals surface area contributed by atoms with Gasteiger partial charge in [-0.05, 0) is 39.0 Å². The number of ether oxygens (including phenoxy) is 1. The number of carbonyl (C=O) groups is 1. The molecule has 0 aromatic carbocycles. The molecule has 7 heteroatoms. The number of amides is 1. The van der Waals surface area contributed by atoms with Crippen molar-refractivity contribution in [2.24, 2.45) is 0 Å². The van der Waals surface area contributed by atoms with Gasteiger partial charge in [0, 0.05) is 25.0 Å². The zero-order valence-corrected chi connectivity index (χ0v) is 15.0. The third-order valence-electron chi connectivity index (χ3n) is 5.35. The highest BCUT2D eigenvalue weighted by Crippen LogP contribution is 2.39. The molecule has 3 aliphatic heterocycles. The van der Waals surface area contributed by atoms with Crippen molar-refractivity contribution in [2.45, 2.75) is 57.3 Å². The quantitative estimate of drug-likeness (QED) is 0.835. The molecule has 1 spiro atoms. The van der Waals surface area contributed by atoms with E-state index in [4.69, 9.17) is 9.57 Å². The smallest absolute Gasteiger partial charge is 0.275 e. The third-order valence-corrected chi connectivity index (χ3v) is 6.17. The van der Waals surface area contributed by atoms with Gasteiger partial charge in [0.25, 0.3) is 5.91 Å². The number of aryl methyl sites for hydroxylation is 1. The molecule has 4 heterocycles. The van der Waals surface area contributed by atoms with Crippen molar-refractivity contribution >= 4 is 17.2 Å². The lowest BCUT2D eigenvalue weighted by Crippen LogP contribution is -2.45. The van der Waals surface area contributed by atoms with Crippen LogP contribution < -0.4 is 0 Å². The molecule has 3 aliphatic rings. The standard InChI is InChI=1S/C17H25N3O3S/c1-13-18-14(12-24-13)11-19-8-5-17(6-9-19)4-3-15(23-17)16(21)20-7-2-10-22-20/h12,15H,2-11H2,1H3. The Hall–Kier alpha value is -1.02. The molecular weight excluding hydrogens is 326 g/mol. The number of hydrogen-bond donors (Lipinski definition) is 0. The molecule has 4 rings (SSSR count). The summed E-state index contributed by atoms with van der Waals surface area (Å²) in [6, 6.07) is 0. The minimum absolute atomic E-state index is 0.0183. The van der Waals surface area contributed by atoms with Gasteiger partial charge in [0.05, 0.1) is 29.5 Å². The number of rotatable bonds is 3. The van der Waals surface area contributed by atoms with Crippen LogP contribution in [0.3, 0.4) is 0 Å². The van der Waals surface area contributed by atoms with Crippen LogP contribution in [-0.4, -0.2) is 58.8 Å². The molecule has 1 aromatic rings. The zero-order valence-electron chi connectivity index (χ0n) is 14.2. The summed E-state index contributed by atoms with van der Waals surface area (Å²) in [5.41, 5.74) is 1.06. The normalized spacial score (nSPS) is 27.2. The van der Waals surface area contributed by atoms with E-state index in [1.165, 1.54) is 10.8 Å². The van der Waals surface area contributed by atoms with Gasteiger partial charge in [-0.2, -0.15) is 0 Å². The molecule has 1 unspecified atom stereocenters. The third kappa shape index (κ3) is 3.35. The average molecular weight is 351 g/mol. The zero-order chi connectivity index (χ0) is 16.6. The largest absolute Gasteiger partial charge is 0.362 e. The molecule has 132 valence electrons. The second-order valence-electron chi connectivity index (χ2n) is 7.09. The van der Waals surface area contributed by atoms with E-state index in [2.05, 4.69) is 15.3 Å². The molecule has 6 nitrogen and oxygen atoms in total. The predicted octanol–water partition coefficient (Wildman–Crippen LogP) is 2.13. The lowest BCUT2D eigenvalue weighted by molar-refractivity contribution is -0.185. The fourth-order valence-electron chi connectivity index (χ4n) is 3.97. The van der Waals surface area contributed by atoms with Gasteiger partial charge in [-0.15, -0.1) is 11.3 Å². The number of piperidine rings is 1. The number of aromatic nitrogens is 1. The molecule has 0 bridgehead atoms. The summed E-state index contributed by atoms with van der Waals surface area (Å²) in [5, 5.41) is 4.78. The van der Waals surface area contributed by atoms with Crippen molar-refractivity contribution in [1.82, 2.24) is 14.9 Å². The lowest BCUT2D eigenvalue weighted by Gasteiger charge is -2.39. The van der Waals surface area contributed by atoms with Gasteiger partial charge in [0.2, 0.25) is 0 Å². The molecule has 0 saturated carbocycles. The molecule has 3 fully saturated rings. The first-order valence-corrected chi connectivity index (χ1v) is 9.77. The van der Waals surface area contributed by atoms with Crippen LogP contribution in [0.1, 0.15) is 42.8 Å². The van der Waals surface area contributed by atoms with E-state index in [1.54, 1.807) is 11.3 Å². The monoisotopic (exact) mass is 351 g/mol. The van der Waals surface area contributed by atoms with Crippen LogP contribution in [0, 0.1) is 6.92 Å². The van der Waals surface area contributed by atoms with Gasteiger partial charge in [0.15, 0.2) is 0 Å². The number of nitrogens with zero attached hydrogens (tertiary/aromatic N) is 3. The van der Waals surface area contributed by atoms with Gasteiger partial charge in [-0.25, -0.2) is 10.0 Å². The van der Waals surface area contributed by atoms with E-state index < -0.39 is 0 Å². The van der Waals surface area contributed by atoms with Gasteiger partial charge >= 0.3 is 0 Å². The second-order valence-corrected chi connectivity index (χ2v) is 8.15. The van der Waals surface area contributed by atoms with E-state index in [9.17, 15) is 4.79 Å². The number of thiazole rings is 1. The van der Waals surface area contributed by atoms with Crippen molar-refractivity contribution in [3.63, 3.8) is 0 Å². The topological polar surface area (TPSA) is 54.9 Å². The van der Waals surface area contributed by atoms with E-state index in [1.807, 2.05) is 6.92 Å². The van der Waals surface area contributed by atoms with E-state index in [-0.39, 0.29) is 17.6 Å². The number of hydroxylamine groups is 2. The lowest BCUT2D eigenvalue weighted by atomic mass is 9.88. The number of likely N-dealkylation sites (tertiary alicyclic amines) is 1. The second kappa shape index (κ2) is 6.71. The minimum Gasteiger partial charge on any atom is -0.362 e. The first kappa shape index (κ1) is 16.4. The maximum absolute atomic E-state index is 12.4. The van der Waals surface area contributed by atoms with Crippen LogP contribution in [0.5, 0.6) is 0 Å². The Labute approximate surface area is 146 Å². The summed E-state index contributed by atoms with van der Waals surface area (Å²) in [7, 11) is 0. The summed E-state index contributed by atoms with van der Waals surface area (Å²) >= 11 is 1.71. The Morgan fingerprint density at radius 2 is 2.21 bits per heavy atom. The van der Waals surface area contributed by atoms with Crippen LogP contribution in [0.25, 0.3) is 0 Å². The highest BCUT2D eigenvalue weighted by Gasteiger charge is 2.46. The molecule has 1 aromatic heterocycles. The highest BCUT2D eigenvalue weighted by atomic mass is 32.1. The van der Waals surface area contributed by atoms with Gasteiger partial charge in [-0.3, -0.25) is 14.5 Å². The predicted molar refractivity (Wildman–Crippen MR) is 90.5 cm³/mol. The van der Waals surface area contributed by atoms with Gasteiger partial charge in [-0.1, -0.05) is 0 Å². The SMILES string of the molecule is Cc1nc(CN2CCC3(CCC(C(=O)N4CCCO4)O3)CC2)cs1. The molecule has 24 heavy (non-hydrogen) atoms. The van der Waals surface area contributed by atoms with Gasteiger partial charge < -0.3 is 4.74 Å². The summed E-state index contributed by atoms with van der Waals surface area (Å²) in [5.74, 6) is 0.0183. The van der Waals surface area contributed by atoms with Gasteiger partial charge in [0.1, 0.15) is 6.10 Å². The van der Waals surface area contributed by atoms with E-state index in [0.29, 0.717) is 13.2 Å². The number of hydrogen-bond acceptors (Lipinski definition) is 6. The maximum atomic E-state index is 12.4. The molecular formula is C17H25N3O3S. The van der Waals surface area contributed by atoms with Crippen molar-refractivity contribution in [2.75, 3.05) is 26.2 Å². The van der Waals surface area contributed by atoms with Crippen LogP contribution >= 0.6 is 11.3 Å².